The molecule has 0 aliphatic carbocycles. The van der Waals surface area contributed by atoms with Gasteiger partial charge in [0.05, 0.1) is 0 Å². The molecule has 2 aliphatic heterocycles. The largest absolute Gasteiger partial charge is 2.00 e. The van der Waals surface area contributed by atoms with Gasteiger partial charge in [-0.05, 0) is 0 Å². The third kappa shape index (κ3) is 17.1. The zero-order valence-corrected chi connectivity index (χ0v) is 24.4. The molecule has 0 amide bonds. The van der Waals surface area contributed by atoms with Gasteiger partial charge in [0.1, 0.15) is 0 Å². The van der Waals surface area contributed by atoms with Crippen molar-refractivity contribution >= 4 is 47.9 Å². The quantitative estimate of drug-likeness (QED) is 0.505. The van der Waals surface area contributed by atoms with Crippen molar-refractivity contribution < 1.29 is 38.3 Å². The molecule has 0 saturated carbocycles. The number of hydrogen-bond acceptors (Lipinski definition) is 0. The number of rotatable bonds is 0. The van der Waals surface area contributed by atoms with Crippen LogP contribution in [0, 0.1) is 0 Å². The zero-order valence-electron chi connectivity index (χ0n) is 18.4. The van der Waals surface area contributed by atoms with Crippen LogP contribution in [0.1, 0.15) is 93.9 Å². The van der Waals surface area contributed by atoms with E-state index in [1.807, 2.05) is 0 Å². The van der Waals surface area contributed by atoms with E-state index < -0.39 is 0 Å². The minimum Gasteiger partial charge on any atom is -0.652 e. The van der Waals surface area contributed by atoms with Crippen LogP contribution in [0.15, 0.2) is 0 Å². The maximum Gasteiger partial charge on any atom is 2.00 e. The van der Waals surface area contributed by atoms with Crippen LogP contribution in [0.25, 0.3) is 10.6 Å². The van der Waals surface area contributed by atoms with Gasteiger partial charge in [0.15, 0.2) is 0 Å². The molecule has 0 radical (unpaired) electrons. The molecular formula is C18H38Cl2LiMgN2Zn+3. The van der Waals surface area contributed by atoms with Gasteiger partial charge in [0.25, 0.3) is 0 Å². The van der Waals surface area contributed by atoms with Crippen LogP contribution in [0.5, 0.6) is 0 Å². The van der Waals surface area contributed by atoms with Crippen molar-refractivity contribution in [1.29, 1.82) is 0 Å². The van der Waals surface area contributed by atoms with E-state index in [2.05, 4.69) is 55.4 Å². The molecule has 25 heavy (non-hydrogen) atoms. The van der Waals surface area contributed by atoms with E-state index in [-0.39, 0.29) is 108 Å². The predicted octanol–water partition coefficient (Wildman–Crippen LogP) is 3.67. The fraction of sp³-hybridized carbons (Fsp3) is 1.00. The molecule has 7 heteroatoms. The molecule has 0 aromatic rings. The normalized spacial score (nSPS) is 24.0. The Labute approximate surface area is 211 Å². The van der Waals surface area contributed by atoms with E-state index in [0.29, 0.717) is 0 Å². The third-order valence-electron chi connectivity index (χ3n) is 4.36. The van der Waals surface area contributed by atoms with Gasteiger partial charge in [0.2, 0.25) is 0 Å². The summed E-state index contributed by atoms with van der Waals surface area (Å²) in [6.07, 6.45) is 7.72. The first-order valence-electron chi connectivity index (χ1n) is 8.31. The molecule has 0 spiro atoms. The molecule has 2 aliphatic rings. The average Bonchev–Trinajstić information content (AvgIpc) is 2.09. The number of hydrogen-bond donors (Lipinski definition) is 0. The Balaban J connectivity index is -0.0000000889. The summed E-state index contributed by atoms with van der Waals surface area (Å²) in [4.78, 5) is 0. The molecule has 136 valence electrons. The summed E-state index contributed by atoms with van der Waals surface area (Å²) in [7, 11) is 0. The van der Waals surface area contributed by atoms with Gasteiger partial charge in [0, 0.05) is 0 Å². The van der Waals surface area contributed by atoms with Crippen molar-refractivity contribution in [1.82, 2.24) is 0 Å². The van der Waals surface area contributed by atoms with Crippen molar-refractivity contribution in [3.63, 3.8) is 0 Å². The molecule has 0 N–H and O–H groups in total. The Bertz CT molecular complexity index is 281. The van der Waals surface area contributed by atoms with E-state index >= 15 is 0 Å². The summed E-state index contributed by atoms with van der Waals surface area (Å²) in [5.41, 5.74) is 0.951. The molecule has 2 rings (SSSR count). The summed E-state index contributed by atoms with van der Waals surface area (Å²) >= 11 is 0. The van der Waals surface area contributed by atoms with Crippen molar-refractivity contribution in [2.45, 2.75) is 116 Å². The third-order valence-corrected chi connectivity index (χ3v) is 4.36. The number of halogens is 2. The van der Waals surface area contributed by atoms with Crippen LogP contribution in [-0.2, 0) is 19.5 Å². The SMILES string of the molecule is CC1(C)CCCC(C)(C)[N-]1.CC1(C)CCCC(C)(C)[N-]1.Cl.Cl.[Li+].[Mg+2].[Zn+2]. The van der Waals surface area contributed by atoms with E-state index in [1.165, 1.54) is 38.5 Å². The molecule has 0 unspecified atom stereocenters. The molecule has 0 aromatic carbocycles. The Morgan fingerprint density at radius 2 is 0.680 bits per heavy atom. The smallest absolute Gasteiger partial charge is 0.652 e. The zero-order chi connectivity index (χ0) is 15.7. The van der Waals surface area contributed by atoms with E-state index in [9.17, 15) is 0 Å². The van der Waals surface area contributed by atoms with Crippen LogP contribution in [0.2, 0.25) is 0 Å². The molecule has 0 bridgehead atoms. The number of piperidine rings is 2. The second-order valence-corrected chi connectivity index (χ2v) is 9.18. The molecule has 0 aromatic heterocycles. The first-order valence-corrected chi connectivity index (χ1v) is 8.31. The maximum absolute atomic E-state index is 4.75. The molecule has 2 heterocycles. The molecule has 2 saturated heterocycles. The van der Waals surface area contributed by atoms with Crippen molar-refractivity contribution in [2.75, 3.05) is 0 Å². The Kier molecular flexibility index (Phi) is 22.1. The molecule has 0 atom stereocenters. The second kappa shape index (κ2) is 14.5. The number of nitrogens with zero attached hydrogens (tertiary/aromatic N) is 2. The van der Waals surface area contributed by atoms with Crippen LogP contribution in [0.4, 0.5) is 0 Å². The Morgan fingerprint density at radius 3 is 0.760 bits per heavy atom. The summed E-state index contributed by atoms with van der Waals surface area (Å²) in [5.74, 6) is 0. The van der Waals surface area contributed by atoms with Gasteiger partial charge in [-0.1, -0.05) is 93.9 Å². The van der Waals surface area contributed by atoms with Crippen molar-refractivity contribution in [3.8, 4) is 0 Å². The Morgan fingerprint density at radius 1 is 0.520 bits per heavy atom. The Hall–Kier alpha value is 2.49. The fourth-order valence-corrected chi connectivity index (χ4v) is 3.77. The second-order valence-electron chi connectivity index (χ2n) is 9.18. The van der Waals surface area contributed by atoms with E-state index in [1.54, 1.807) is 0 Å². The summed E-state index contributed by atoms with van der Waals surface area (Å²) < 4.78 is 0. The predicted molar refractivity (Wildman–Crippen MR) is 111 cm³/mol. The minimum atomic E-state index is 0. The van der Waals surface area contributed by atoms with Crippen molar-refractivity contribution in [2.24, 2.45) is 0 Å². The van der Waals surface area contributed by atoms with Gasteiger partial charge in [-0.15, -0.1) is 47.0 Å². The topological polar surface area (TPSA) is 28.2 Å². The summed E-state index contributed by atoms with van der Waals surface area (Å²) in [5, 5.41) is 9.49. The van der Waals surface area contributed by atoms with Gasteiger partial charge in [-0.3, -0.25) is 0 Å². The minimum absolute atomic E-state index is 0. The van der Waals surface area contributed by atoms with E-state index in [4.69, 9.17) is 10.6 Å². The monoisotopic (exact) mass is 447 g/mol. The first-order chi connectivity index (χ1) is 8.83. The van der Waals surface area contributed by atoms with Crippen LogP contribution < -0.4 is 18.9 Å². The summed E-state index contributed by atoms with van der Waals surface area (Å²) in [6, 6.07) is 0. The van der Waals surface area contributed by atoms with Crippen LogP contribution in [-0.4, -0.2) is 45.2 Å². The summed E-state index contributed by atoms with van der Waals surface area (Å²) in [6.45, 7) is 17.8. The maximum atomic E-state index is 4.75. The fourth-order valence-electron chi connectivity index (χ4n) is 3.77. The van der Waals surface area contributed by atoms with Crippen LogP contribution in [0.3, 0.4) is 0 Å². The first kappa shape index (κ1) is 38.1. The van der Waals surface area contributed by atoms with Gasteiger partial charge < -0.3 is 10.6 Å². The average molecular weight is 450 g/mol. The van der Waals surface area contributed by atoms with E-state index in [0.717, 1.165) is 0 Å². The molecule has 2 fully saturated rings. The molecular weight excluding hydrogens is 412 g/mol. The van der Waals surface area contributed by atoms with Gasteiger partial charge >= 0.3 is 61.4 Å². The van der Waals surface area contributed by atoms with Gasteiger partial charge in [-0.2, -0.15) is 0 Å². The standard InChI is InChI=1S/2C9H18N.2ClH.Li.Mg.Zn/c2*1-8(2)6-5-7-9(3,4)10-8;;;;;/h2*5-7H2,1-4H3;2*1H;;;/q2*-1;;;+1;2*+2. The molecule has 2 nitrogen and oxygen atoms in total. The van der Waals surface area contributed by atoms with Crippen molar-refractivity contribution in [3.05, 3.63) is 10.6 Å². The van der Waals surface area contributed by atoms with Gasteiger partial charge in [-0.25, -0.2) is 0 Å². The van der Waals surface area contributed by atoms with Crippen LogP contribution >= 0.6 is 24.8 Å².